The van der Waals surface area contributed by atoms with E-state index in [2.05, 4.69) is 54.1 Å². The number of halogens is 2. The lowest BCUT2D eigenvalue weighted by molar-refractivity contribution is 0.122. The van der Waals surface area contributed by atoms with Gasteiger partial charge in [0.15, 0.2) is 11.6 Å². The van der Waals surface area contributed by atoms with Crippen molar-refractivity contribution in [2.24, 2.45) is 5.10 Å². The number of nitrogens with zero attached hydrogens (tertiary/aromatic N) is 6. The lowest BCUT2D eigenvalue weighted by Gasteiger charge is -2.31. The van der Waals surface area contributed by atoms with Gasteiger partial charge in [-0.25, -0.2) is 14.8 Å². The lowest BCUT2D eigenvalue weighted by atomic mass is 10.0. The van der Waals surface area contributed by atoms with Gasteiger partial charge in [-0.2, -0.15) is 10.1 Å². The van der Waals surface area contributed by atoms with Crippen molar-refractivity contribution >= 4 is 41.0 Å². The van der Waals surface area contributed by atoms with Crippen LogP contribution in [0.2, 0.25) is 5.02 Å². The van der Waals surface area contributed by atoms with Gasteiger partial charge >= 0.3 is 0 Å². The molecule has 5 rings (SSSR count). The van der Waals surface area contributed by atoms with Crippen molar-refractivity contribution in [2.45, 2.75) is 6.04 Å². The molecule has 0 saturated carbocycles. The molecule has 2 aliphatic heterocycles. The first-order valence-electron chi connectivity index (χ1n) is 12.1. The number of hydrogen-bond acceptors (Lipinski definition) is 10. The molecule has 1 atom stereocenters. The van der Waals surface area contributed by atoms with Gasteiger partial charge in [-0.3, -0.25) is 4.98 Å². The molecule has 2 fully saturated rings. The zero-order valence-corrected chi connectivity index (χ0v) is 21.2. The number of pyridine rings is 1. The van der Waals surface area contributed by atoms with Crippen molar-refractivity contribution < 1.29 is 9.13 Å². The van der Waals surface area contributed by atoms with Crippen molar-refractivity contribution in [1.82, 2.24) is 25.2 Å². The van der Waals surface area contributed by atoms with E-state index in [-0.39, 0.29) is 17.8 Å². The minimum Gasteiger partial charge on any atom is -0.378 e. The highest BCUT2D eigenvalue weighted by Crippen LogP contribution is 2.29. The molecule has 1 unspecified atom stereocenters. The van der Waals surface area contributed by atoms with Crippen molar-refractivity contribution in [1.29, 1.82) is 0 Å². The summed E-state index contributed by atoms with van der Waals surface area (Å²) in [5.74, 6) is -0.0387. The average molecular weight is 526 g/mol. The number of benzene rings is 1. The second kappa shape index (κ2) is 11.8. The van der Waals surface area contributed by atoms with E-state index in [4.69, 9.17) is 16.3 Å². The second-order valence-corrected chi connectivity index (χ2v) is 9.34. The van der Waals surface area contributed by atoms with E-state index in [1.54, 1.807) is 12.4 Å². The largest absolute Gasteiger partial charge is 0.378 e. The summed E-state index contributed by atoms with van der Waals surface area (Å²) in [6.45, 7) is 5.13. The Balaban J connectivity index is 1.17. The molecule has 0 bridgehead atoms. The minimum absolute atomic E-state index is 0.202. The molecule has 2 aromatic heterocycles. The van der Waals surface area contributed by atoms with Crippen LogP contribution in [-0.2, 0) is 4.74 Å². The highest BCUT2D eigenvalue weighted by molar-refractivity contribution is 6.31. The Morgan fingerprint density at radius 3 is 2.73 bits per heavy atom. The van der Waals surface area contributed by atoms with E-state index >= 15 is 0 Å². The first-order valence-corrected chi connectivity index (χ1v) is 12.5. The predicted molar refractivity (Wildman–Crippen MR) is 143 cm³/mol. The van der Waals surface area contributed by atoms with Gasteiger partial charge in [0.05, 0.1) is 43.2 Å². The molecule has 0 aliphatic carbocycles. The first kappa shape index (κ1) is 25.3. The van der Waals surface area contributed by atoms with Gasteiger partial charge in [-0.1, -0.05) is 17.7 Å². The first-order chi connectivity index (χ1) is 18.0. The highest BCUT2D eigenvalue weighted by Gasteiger charge is 2.20. The number of morpholine rings is 1. The summed E-state index contributed by atoms with van der Waals surface area (Å²) in [5, 5.41) is 11.7. The molecular weight excluding hydrogens is 497 g/mol. The van der Waals surface area contributed by atoms with Gasteiger partial charge in [0.1, 0.15) is 0 Å². The van der Waals surface area contributed by atoms with E-state index in [0.29, 0.717) is 32.0 Å². The summed E-state index contributed by atoms with van der Waals surface area (Å²) in [6.07, 6.45) is 4.40. The van der Waals surface area contributed by atoms with Crippen LogP contribution in [0.5, 0.6) is 0 Å². The van der Waals surface area contributed by atoms with Crippen molar-refractivity contribution in [3.05, 3.63) is 64.8 Å². The maximum absolute atomic E-state index is 14.2. The topological polar surface area (TPSA) is 103 Å². The van der Waals surface area contributed by atoms with Crippen LogP contribution in [0.1, 0.15) is 17.3 Å². The Bertz CT molecular complexity index is 1240. The van der Waals surface area contributed by atoms with Crippen LogP contribution in [0.15, 0.2) is 47.8 Å². The lowest BCUT2D eigenvalue weighted by Crippen LogP contribution is -2.43. The Morgan fingerprint density at radius 1 is 1.14 bits per heavy atom. The summed E-state index contributed by atoms with van der Waals surface area (Å²) >= 11 is 6.59. The monoisotopic (exact) mass is 525 g/mol. The Labute approximate surface area is 219 Å². The van der Waals surface area contributed by atoms with Gasteiger partial charge in [0, 0.05) is 49.5 Å². The zero-order chi connectivity index (χ0) is 25.6. The van der Waals surface area contributed by atoms with Crippen LogP contribution in [0.3, 0.4) is 0 Å². The van der Waals surface area contributed by atoms with Crippen LogP contribution in [0, 0.1) is 5.82 Å². The molecule has 2 aliphatic rings. The Kier molecular flexibility index (Phi) is 8.05. The molecule has 10 nitrogen and oxygen atoms in total. The molecule has 0 amide bonds. The average Bonchev–Trinajstić information content (AvgIpc) is 2.91. The third-order valence-electron chi connectivity index (χ3n) is 6.23. The molecule has 12 heteroatoms. The second-order valence-electron chi connectivity index (χ2n) is 8.94. The summed E-state index contributed by atoms with van der Waals surface area (Å²) in [6, 6.07) is 9.96. The van der Waals surface area contributed by atoms with Crippen molar-refractivity contribution in [3.8, 4) is 0 Å². The number of ether oxygens (including phenoxy) is 1. The van der Waals surface area contributed by atoms with Gasteiger partial charge in [0.2, 0.25) is 5.95 Å². The molecule has 2 saturated heterocycles. The summed E-state index contributed by atoms with van der Waals surface area (Å²) in [7, 11) is 2.12. The Morgan fingerprint density at radius 2 is 1.97 bits per heavy atom. The quantitative estimate of drug-likeness (QED) is 0.317. The molecule has 0 spiro atoms. The number of nitrogens with one attached hydrogen (secondary N) is 3. The summed E-state index contributed by atoms with van der Waals surface area (Å²) in [5.41, 5.74) is 6.17. The van der Waals surface area contributed by atoms with Crippen LogP contribution >= 0.6 is 11.6 Å². The fourth-order valence-corrected chi connectivity index (χ4v) is 4.59. The van der Waals surface area contributed by atoms with Gasteiger partial charge in [-0.05, 0) is 36.9 Å². The van der Waals surface area contributed by atoms with Crippen LogP contribution < -0.4 is 21.0 Å². The van der Waals surface area contributed by atoms with Crippen molar-refractivity contribution in [3.63, 3.8) is 0 Å². The van der Waals surface area contributed by atoms with E-state index in [9.17, 15) is 4.39 Å². The number of rotatable bonds is 7. The number of piperazine rings is 1. The number of anilines is 4. The number of aromatic nitrogens is 3. The highest BCUT2D eigenvalue weighted by atomic mass is 35.5. The predicted octanol–water partition coefficient (Wildman–Crippen LogP) is 3.27. The van der Waals surface area contributed by atoms with E-state index in [1.165, 1.54) is 0 Å². The SMILES string of the molecule is CN1CCNC(c2ccc(Nc3ccc(C=NNc4ncc(F)c(N5CCOCC5)n4)nc3)cc2Cl)C1. The molecule has 3 N–H and O–H groups in total. The van der Waals surface area contributed by atoms with Gasteiger partial charge in [0.25, 0.3) is 0 Å². The van der Waals surface area contributed by atoms with E-state index < -0.39 is 5.82 Å². The van der Waals surface area contributed by atoms with Crippen molar-refractivity contribution in [2.75, 3.05) is 68.6 Å². The van der Waals surface area contributed by atoms with Crippen LogP contribution in [-0.4, -0.2) is 79.1 Å². The molecule has 0 radical (unpaired) electrons. The zero-order valence-electron chi connectivity index (χ0n) is 20.5. The molecular formula is C25H29ClFN9O. The number of hydrazone groups is 1. The minimum atomic E-state index is -0.477. The normalized spacial score (nSPS) is 18.8. The third kappa shape index (κ3) is 6.50. The number of hydrogen-bond donors (Lipinski definition) is 3. The smallest absolute Gasteiger partial charge is 0.245 e. The number of likely N-dealkylation sites (N-methyl/N-ethyl adjacent to an activating group) is 1. The fraction of sp³-hybridized carbons (Fsp3) is 0.360. The third-order valence-corrected chi connectivity index (χ3v) is 6.55. The van der Waals surface area contributed by atoms with Crippen LogP contribution in [0.4, 0.5) is 27.5 Å². The fourth-order valence-electron chi connectivity index (χ4n) is 4.28. The van der Waals surface area contributed by atoms with E-state index in [0.717, 1.165) is 47.8 Å². The van der Waals surface area contributed by atoms with E-state index in [1.807, 2.05) is 29.2 Å². The summed E-state index contributed by atoms with van der Waals surface area (Å²) in [4.78, 5) is 16.7. The molecule has 194 valence electrons. The molecule has 1 aromatic carbocycles. The molecule has 37 heavy (non-hydrogen) atoms. The standard InChI is InChI=1S/C25H29ClFN9O/c1-35-7-6-28-23(16-35)20-5-4-17(12-21(20)26)32-19-3-2-18(29-13-19)14-31-34-25-30-15-22(27)24(33-25)36-8-10-37-11-9-36/h2-5,12-15,23,28,32H,6-11,16H2,1H3,(H,30,33,34). The molecule has 3 aromatic rings. The maximum Gasteiger partial charge on any atom is 0.245 e. The van der Waals surface area contributed by atoms with Gasteiger partial charge < -0.3 is 25.2 Å². The van der Waals surface area contributed by atoms with Crippen LogP contribution in [0.25, 0.3) is 0 Å². The molecule has 4 heterocycles. The summed E-state index contributed by atoms with van der Waals surface area (Å²) < 4.78 is 19.5. The maximum atomic E-state index is 14.2. The van der Waals surface area contributed by atoms with Gasteiger partial charge in [-0.15, -0.1) is 0 Å². The Hall–Kier alpha value is -3.38.